The molecular formula is C17H24N4O4S. The molecule has 9 heteroatoms. The van der Waals surface area contributed by atoms with Crippen LogP contribution in [0.1, 0.15) is 37.8 Å². The van der Waals surface area contributed by atoms with Crippen molar-refractivity contribution in [2.45, 2.75) is 45.0 Å². The first-order valence-corrected chi connectivity index (χ1v) is 10.0. The molecule has 142 valence electrons. The summed E-state index contributed by atoms with van der Waals surface area (Å²) in [5.41, 5.74) is 1.63. The topological polar surface area (TPSA) is 108 Å². The molecule has 0 radical (unpaired) electrons. The number of sulfonamides is 1. The zero-order valence-corrected chi connectivity index (χ0v) is 16.0. The highest BCUT2D eigenvalue weighted by Crippen LogP contribution is 2.13. The van der Waals surface area contributed by atoms with E-state index in [1.165, 1.54) is 7.05 Å². The van der Waals surface area contributed by atoms with Gasteiger partial charge in [0.1, 0.15) is 5.71 Å². The molecule has 1 heterocycles. The van der Waals surface area contributed by atoms with Crippen LogP contribution in [-0.4, -0.2) is 44.0 Å². The van der Waals surface area contributed by atoms with Crippen molar-refractivity contribution in [2.24, 2.45) is 5.10 Å². The molecule has 0 aromatic heterocycles. The van der Waals surface area contributed by atoms with E-state index >= 15 is 0 Å². The first-order valence-electron chi connectivity index (χ1n) is 8.37. The van der Waals surface area contributed by atoms with E-state index in [1.807, 2.05) is 0 Å². The minimum absolute atomic E-state index is 0.130. The molecule has 0 bridgehead atoms. The molecule has 0 fully saturated rings. The molecule has 0 saturated heterocycles. The molecule has 1 aromatic carbocycles. The second-order valence-corrected chi connectivity index (χ2v) is 8.20. The lowest BCUT2D eigenvalue weighted by atomic mass is 10.1. The highest BCUT2D eigenvalue weighted by Gasteiger charge is 2.22. The van der Waals surface area contributed by atoms with Gasteiger partial charge in [0.2, 0.25) is 15.9 Å². The fourth-order valence-corrected chi connectivity index (χ4v) is 4.08. The maximum atomic E-state index is 12.3. The van der Waals surface area contributed by atoms with Gasteiger partial charge in [-0.1, -0.05) is 24.3 Å². The third kappa shape index (κ3) is 5.63. The molecule has 0 atom stereocenters. The van der Waals surface area contributed by atoms with Crippen LogP contribution in [0.5, 0.6) is 0 Å². The molecule has 1 aromatic rings. The van der Waals surface area contributed by atoms with Gasteiger partial charge in [-0.2, -0.15) is 5.10 Å². The van der Waals surface area contributed by atoms with E-state index in [2.05, 4.69) is 15.1 Å². The van der Waals surface area contributed by atoms with E-state index in [4.69, 9.17) is 0 Å². The Morgan fingerprint density at radius 2 is 1.88 bits per heavy atom. The average molecular weight is 380 g/mol. The summed E-state index contributed by atoms with van der Waals surface area (Å²) < 4.78 is 26.9. The Morgan fingerprint density at radius 3 is 2.50 bits per heavy atom. The van der Waals surface area contributed by atoms with E-state index < -0.39 is 10.0 Å². The van der Waals surface area contributed by atoms with E-state index in [0.717, 1.165) is 10.6 Å². The quantitative estimate of drug-likeness (QED) is 0.727. The summed E-state index contributed by atoms with van der Waals surface area (Å²) in [6.07, 6.45) is 0.543. The van der Waals surface area contributed by atoms with Gasteiger partial charge in [0.15, 0.2) is 0 Å². The van der Waals surface area contributed by atoms with Crippen LogP contribution in [0, 0.1) is 0 Å². The first-order chi connectivity index (χ1) is 12.2. The van der Waals surface area contributed by atoms with Gasteiger partial charge in [0, 0.05) is 32.5 Å². The molecule has 0 saturated carbocycles. The van der Waals surface area contributed by atoms with Gasteiger partial charge in [-0.15, -0.1) is 0 Å². The minimum Gasteiger partial charge on any atom is -0.347 e. The molecule has 8 nitrogen and oxygen atoms in total. The van der Waals surface area contributed by atoms with E-state index in [0.29, 0.717) is 17.7 Å². The predicted molar refractivity (Wildman–Crippen MR) is 98.6 cm³/mol. The molecule has 1 aliphatic heterocycles. The van der Waals surface area contributed by atoms with Gasteiger partial charge < -0.3 is 5.32 Å². The highest BCUT2D eigenvalue weighted by atomic mass is 32.2. The Kier molecular flexibility index (Phi) is 6.49. The Balaban J connectivity index is 2.05. The van der Waals surface area contributed by atoms with Crippen LogP contribution in [0.15, 0.2) is 29.4 Å². The fraction of sp³-hybridized carbons (Fsp3) is 0.471. The molecule has 2 N–H and O–H groups in total. The number of nitrogens with zero attached hydrogens (tertiary/aromatic N) is 2. The van der Waals surface area contributed by atoms with Crippen molar-refractivity contribution in [1.29, 1.82) is 0 Å². The highest BCUT2D eigenvalue weighted by molar-refractivity contribution is 7.88. The lowest BCUT2D eigenvalue weighted by molar-refractivity contribution is -0.130. The van der Waals surface area contributed by atoms with Gasteiger partial charge >= 0.3 is 0 Å². The van der Waals surface area contributed by atoms with Crippen molar-refractivity contribution in [3.05, 3.63) is 35.4 Å². The largest absolute Gasteiger partial charge is 0.347 e. The third-order valence-corrected chi connectivity index (χ3v) is 5.31. The van der Waals surface area contributed by atoms with E-state index in [1.54, 1.807) is 38.1 Å². The van der Waals surface area contributed by atoms with Crippen molar-refractivity contribution < 1.29 is 18.0 Å². The van der Waals surface area contributed by atoms with Crippen LogP contribution >= 0.6 is 0 Å². The second kappa shape index (κ2) is 8.41. The maximum Gasteiger partial charge on any atom is 0.267 e. The van der Waals surface area contributed by atoms with E-state index in [9.17, 15) is 18.0 Å². The summed E-state index contributed by atoms with van der Waals surface area (Å²) in [6, 6.07) is 6.87. The summed E-state index contributed by atoms with van der Waals surface area (Å²) in [5, 5.41) is 7.88. The van der Waals surface area contributed by atoms with Crippen molar-refractivity contribution in [3.8, 4) is 0 Å². The Hall–Kier alpha value is -2.26. The summed E-state index contributed by atoms with van der Waals surface area (Å²) in [5.74, 6) is -0.646. The Labute approximate surface area is 153 Å². The van der Waals surface area contributed by atoms with Crippen LogP contribution in [-0.2, 0) is 31.9 Å². The van der Waals surface area contributed by atoms with Gasteiger partial charge in [0.05, 0.1) is 5.75 Å². The normalized spacial score (nSPS) is 15.2. The molecular weight excluding hydrogens is 356 g/mol. The number of hydrazone groups is 1. The average Bonchev–Trinajstić information content (AvgIpc) is 2.54. The molecule has 0 aliphatic carbocycles. The lowest BCUT2D eigenvalue weighted by Gasteiger charge is -2.19. The summed E-state index contributed by atoms with van der Waals surface area (Å²) in [4.78, 5) is 23.7. The first kappa shape index (κ1) is 20.1. The number of hydrogen-bond donors (Lipinski definition) is 2. The molecule has 0 unspecified atom stereocenters. The van der Waals surface area contributed by atoms with Crippen molar-refractivity contribution in [1.82, 2.24) is 15.0 Å². The number of amides is 2. The number of benzene rings is 1. The molecule has 2 rings (SSSR count). The number of hydrogen-bond acceptors (Lipinski definition) is 5. The van der Waals surface area contributed by atoms with Crippen LogP contribution in [0.3, 0.4) is 0 Å². The Morgan fingerprint density at radius 1 is 1.23 bits per heavy atom. The Bertz CT molecular complexity index is 818. The van der Waals surface area contributed by atoms with Crippen LogP contribution in [0.4, 0.5) is 0 Å². The standard InChI is InChI=1S/C17H24N4O4S/c1-12(2)20-26(24,25)11-14-7-5-4-6-13(14)10-18-17(23)15-8-9-16(22)21(3)19-15/h4-7,12,20H,8-11H2,1-3H3,(H,18,23). The third-order valence-electron chi connectivity index (χ3n) is 3.79. The van der Waals surface area contributed by atoms with Crippen LogP contribution < -0.4 is 10.0 Å². The number of carbonyl (C=O) groups is 2. The predicted octanol–water partition coefficient (Wildman–Crippen LogP) is 0.739. The molecule has 0 spiro atoms. The monoisotopic (exact) mass is 380 g/mol. The lowest BCUT2D eigenvalue weighted by Crippen LogP contribution is -2.37. The smallest absolute Gasteiger partial charge is 0.267 e. The van der Waals surface area contributed by atoms with Gasteiger partial charge in [-0.3, -0.25) is 9.59 Å². The number of nitrogens with one attached hydrogen (secondary N) is 2. The summed E-state index contributed by atoms with van der Waals surface area (Å²) >= 11 is 0. The van der Waals surface area contributed by atoms with Crippen molar-refractivity contribution in [3.63, 3.8) is 0 Å². The zero-order chi connectivity index (χ0) is 19.3. The van der Waals surface area contributed by atoms with Gasteiger partial charge in [-0.25, -0.2) is 18.1 Å². The minimum atomic E-state index is -3.46. The van der Waals surface area contributed by atoms with Gasteiger partial charge in [-0.05, 0) is 25.0 Å². The number of carbonyl (C=O) groups excluding carboxylic acids is 2. The fourth-order valence-electron chi connectivity index (χ4n) is 2.59. The van der Waals surface area contributed by atoms with Gasteiger partial charge in [0.25, 0.3) is 5.91 Å². The molecule has 26 heavy (non-hydrogen) atoms. The van der Waals surface area contributed by atoms with E-state index in [-0.39, 0.29) is 36.6 Å². The van der Waals surface area contributed by atoms with Crippen molar-refractivity contribution >= 4 is 27.5 Å². The summed E-state index contributed by atoms with van der Waals surface area (Å²) in [6.45, 7) is 3.70. The van der Waals surface area contributed by atoms with Crippen LogP contribution in [0.2, 0.25) is 0 Å². The van der Waals surface area contributed by atoms with Crippen molar-refractivity contribution in [2.75, 3.05) is 7.05 Å². The molecule has 1 aliphatic rings. The summed E-state index contributed by atoms with van der Waals surface area (Å²) in [7, 11) is -1.95. The zero-order valence-electron chi connectivity index (χ0n) is 15.2. The van der Waals surface area contributed by atoms with Crippen LogP contribution in [0.25, 0.3) is 0 Å². The number of rotatable bonds is 7. The SMILES string of the molecule is CC(C)NS(=O)(=O)Cc1ccccc1CNC(=O)C1=NN(C)C(=O)CC1. The molecule has 2 amide bonds. The second-order valence-electron chi connectivity index (χ2n) is 6.45. The maximum absolute atomic E-state index is 12.3.